The molecule has 36 heavy (non-hydrogen) atoms. The van der Waals surface area contributed by atoms with E-state index in [4.69, 9.17) is 15.1 Å². The number of nitrogen functional groups attached to an aromatic ring is 1. The first-order valence-electron chi connectivity index (χ1n) is 11.9. The van der Waals surface area contributed by atoms with Gasteiger partial charge in [0.1, 0.15) is 18.4 Å². The minimum atomic E-state index is 0.0276. The highest BCUT2D eigenvalue weighted by Gasteiger charge is 2.26. The van der Waals surface area contributed by atoms with Crippen LogP contribution in [0.5, 0.6) is 0 Å². The number of likely N-dealkylation sites (N-methyl/N-ethyl adjacent to an activating group) is 1. The van der Waals surface area contributed by atoms with Crippen LogP contribution < -0.4 is 20.6 Å². The van der Waals surface area contributed by atoms with Gasteiger partial charge in [-0.05, 0) is 40.5 Å². The highest BCUT2D eigenvalue weighted by molar-refractivity contribution is 5.97. The molecule has 0 bridgehead atoms. The number of anilines is 3. The van der Waals surface area contributed by atoms with E-state index in [0.717, 1.165) is 23.2 Å². The monoisotopic (exact) mass is 486 g/mol. The number of carbonyl (C=O) groups excluding carboxylic acids is 1. The summed E-state index contributed by atoms with van der Waals surface area (Å²) in [6.45, 7) is 3.00. The van der Waals surface area contributed by atoms with Crippen molar-refractivity contribution < 1.29 is 18.9 Å². The molecule has 0 saturated carbocycles. The Morgan fingerprint density at radius 2 is 2.03 bits per heavy atom. The Kier molecular flexibility index (Phi) is 6.48. The van der Waals surface area contributed by atoms with Gasteiger partial charge in [-0.3, -0.25) is 10.1 Å². The van der Waals surface area contributed by atoms with E-state index in [1.165, 1.54) is 4.73 Å². The smallest absolute Gasteiger partial charge is 0.367 e. The number of rotatable bonds is 8. The fourth-order valence-corrected chi connectivity index (χ4v) is 4.06. The maximum absolute atomic E-state index is 12.4. The summed E-state index contributed by atoms with van der Waals surface area (Å²) in [5.41, 5.74) is 10.6. The summed E-state index contributed by atoms with van der Waals surface area (Å²) in [6, 6.07) is 15.7. The standard InChI is InChI=1S/C26H27N7O3/c1-3-22-30-24(36-31-22)21-16-28-26(33(23(21)27)35-14-12-17-7-5-4-6-8-17)29-19-9-10-20-18(15-19)11-13-32(2)25(20)34/h4-10,15-16H,3,11-14H2,1-2H3,(H2,27,28,29,30,31,34)/p+1. The van der Waals surface area contributed by atoms with Gasteiger partial charge in [-0.15, -0.1) is 4.98 Å². The lowest BCUT2D eigenvalue weighted by Gasteiger charge is -2.24. The Morgan fingerprint density at radius 1 is 1.19 bits per heavy atom. The van der Waals surface area contributed by atoms with Crippen molar-refractivity contribution in [3.63, 3.8) is 0 Å². The van der Waals surface area contributed by atoms with Crippen LogP contribution in [0, 0.1) is 0 Å². The molecule has 10 heteroatoms. The lowest BCUT2D eigenvalue weighted by Crippen LogP contribution is -2.49. The number of aryl methyl sites for hydroxylation is 1. The molecule has 1 aliphatic heterocycles. The van der Waals surface area contributed by atoms with Crippen molar-refractivity contribution in [1.29, 1.82) is 0 Å². The minimum absolute atomic E-state index is 0.0276. The molecule has 10 nitrogen and oxygen atoms in total. The summed E-state index contributed by atoms with van der Waals surface area (Å²) in [7, 11) is 1.81. The maximum atomic E-state index is 12.4. The number of fused-ring (bicyclic) bond motifs is 1. The maximum Gasteiger partial charge on any atom is 0.388 e. The topological polar surface area (TPSA) is 123 Å². The van der Waals surface area contributed by atoms with E-state index in [1.54, 1.807) is 11.1 Å². The summed E-state index contributed by atoms with van der Waals surface area (Å²) in [4.78, 5) is 29.2. The van der Waals surface area contributed by atoms with E-state index >= 15 is 0 Å². The molecule has 5 rings (SSSR count). The van der Waals surface area contributed by atoms with E-state index in [1.807, 2.05) is 62.5 Å². The number of nitrogens with two attached hydrogens (primary N) is 1. The molecule has 184 valence electrons. The number of carbonyl (C=O) groups is 1. The zero-order valence-electron chi connectivity index (χ0n) is 20.3. The van der Waals surface area contributed by atoms with Crippen molar-refractivity contribution in [2.45, 2.75) is 26.2 Å². The Labute approximate surface area is 208 Å². The molecular formula is C26H28N7O3+. The number of aromatic nitrogens is 4. The number of hydrogen-bond acceptors (Lipinski definition) is 8. The normalized spacial score (nSPS) is 12.9. The SMILES string of the molecule is CCc1noc(-c2cnc(Nc3ccc4c(c3)CCN(C)C4=O)[n+](OCCc3ccccc3)c2N)n1. The van der Waals surface area contributed by atoms with E-state index < -0.39 is 0 Å². The summed E-state index contributed by atoms with van der Waals surface area (Å²) in [5.74, 6) is 1.55. The van der Waals surface area contributed by atoms with Gasteiger partial charge in [0, 0.05) is 32.0 Å². The van der Waals surface area contributed by atoms with Crippen LogP contribution in [0.15, 0.2) is 59.3 Å². The quantitative estimate of drug-likeness (QED) is 0.364. The molecule has 0 aliphatic carbocycles. The molecule has 1 aliphatic rings. The van der Waals surface area contributed by atoms with Crippen molar-refractivity contribution >= 4 is 23.4 Å². The molecule has 0 fully saturated rings. The van der Waals surface area contributed by atoms with Crippen molar-refractivity contribution in [1.82, 2.24) is 20.0 Å². The largest absolute Gasteiger partial charge is 0.388 e. The number of benzene rings is 2. The van der Waals surface area contributed by atoms with Gasteiger partial charge in [-0.2, -0.15) is 4.98 Å². The van der Waals surface area contributed by atoms with Gasteiger partial charge in [0.05, 0.1) is 5.69 Å². The summed E-state index contributed by atoms with van der Waals surface area (Å²) < 4.78 is 6.83. The van der Waals surface area contributed by atoms with E-state index in [9.17, 15) is 4.79 Å². The van der Waals surface area contributed by atoms with Gasteiger partial charge >= 0.3 is 5.95 Å². The number of nitrogens with zero attached hydrogens (tertiary/aromatic N) is 5. The third kappa shape index (κ3) is 4.70. The van der Waals surface area contributed by atoms with Gasteiger partial charge in [-0.25, -0.2) is 0 Å². The van der Waals surface area contributed by atoms with Gasteiger partial charge in [0.25, 0.3) is 11.8 Å². The van der Waals surface area contributed by atoms with Crippen molar-refractivity contribution in [2.75, 3.05) is 31.2 Å². The molecule has 4 aromatic rings. The Hall–Kier alpha value is -4.47. The van der Waals surface area contributed by atoms with Crippen molar-refractivity contribution in [3.8, 4) is 11.5 Å². The molecule has 2 aromatic carbocycles. The highest BCUT2D eigenvalue weighted by atomic mass is 16.7. The lowest BCUT2D eigenvalue weighted by molar-refractivity contribution is -0.870. The van der Waals surface area contributed by atoms with Gasteiger partial charge in [0.15, 0.2) is 5.82 Å². The lowest BCUT2D eigenvalue weighted by atomic mass is 9.99. The van der Waals surface area contributed by atoms with E-state index in [0.29, 0.717) is 48.9 Å². The molecule has 3 heterocycles. The van der Waals surface area contributed by atoms with E-state index in [-0.39, 0.29) is 17.6 Å². The molecule has 0 atom stereocenters. The van der Waals surface area contributed by atoms with Crippen molar-refractivity contribution in [3.05, 3.63) is 77.2 Å². The number of amides is 1. The molecule has 0 saturated heterocycles. The summed E-state index contributed by atoms with van der Waals surface area (Å²) in [5, 5.41) is 7.25. The predicted octanol–water partition coefficient (Wildman–Crippen LogP) is 2.61. The summed E-state index contributed by atoms with van der Waals surface area (Å²) >= 11 is 0. The van der Waals surface area contributed by atoms with Crippen LogP contribution in [-0.2, 0) is 19.3 Å². The second kappa shape index (κ2) is 10.0. The van der Waals surface area contributed by atoms with Crippen LogP contribution in [0.3, 0.4) is 0 Å². The Morgan fingerprint density at radius 3 is 2.81 bits per heavy atom. The number of hydrogen-bond donors (Lipinski definition) is 2. The molecule has 3 N–H and O–H groups in total. The zero-order valence-corrected chi connectivity index (χ0v) is 20.3. The third-order valence-electron chi connectivity index (χ3n) is 6.13. The first-order valence-corrected chi connectivity index (χ1v) is 11.9. The van der Waals surface area contributed by atoms with E-state index in [2.05, 4.69) is 20.4 Å². The second-order valence-electron chi connectivity index (χ2n) is 8.59. The zero-order chi connectivity index (χ0) is 25.1. The first kappa shape index (κ1) is 23.3. The van der Waals surface area contributed by atoms with Crippen LogP contribution in [0.25, 0.3) is 11.5 Å². The third-order valence-corrected chi connectivity index (χ3v) is 6.13. The molecule has 0 unspecified atom stereocenters. The molecule has 1 amide bonds. The molecular weight excluding hydrogens is 458 g/mol. The predicted molar refractivity (Wildman–Crippen MR) is 133 cm³/mol. The van der Waals surface area contributed by atoms with Crippen LogP contribution in [0.2, 0.25) is 0 Å². The molecule has 0 radical (unpaired) electrons. The van der Waals surface area contributed by atoms with Gasteiger partial charge < -0.3 is 20.0 Å². The van der Waals surface area contributed by atoms with Crippen LogP contribution in [-0.4, -0.2) is 46.1 Å². The highest BCUT2D eigenvalue weighted by Crippen LogP contribution is 2.25. The molecule has 0 spiro atoms. The Balaban J connectivity index is 1.45. The average molecular weight is 487 g/mol. The van der Waals surface area contributed by atoms with Crippen molar-refractivity contribution in [2.24, 2.45) is 0 Å². The van der Waals surface area contributed by atoms with Crippen LogP contribution in [0.4, 0.5) is 17.5 Å². The fourth-order valence-electron chi connectivity index (χ4n) is 4.06. The first-order chi connectivity index (χ1) is 17.5. The van der Waals surface area contributed by atoms with Crippen LogP contribution in [0.1, 0.15) is 34.2 Å². The average Bonchev–Trinajstić information content (AvgIpc) is 3.38. The minimum Gasteiger partial charge on any atom is -0.367 e. The van der Waals surface area contributed by atoms with Gasteiger partial charge in [-0.1, -0.05) is 42.4 Å². The second-order valence-corrected chi connectivity index (χ2v) is 8.59. The van der Waals surface area contributed by atoms with Gasteiger partial charge in [0.2, 0.25) is 5.82 Å². The van der Waals surface area contributed by atoms with Crippen LogP contribution >= 0.6 is 0 Å². The molecule has 2 aromatic heterocycles. The fraction of sp³-hybridized carbons (Fsp3) is 0.269. The number of nitrogens with one attached hydrogen (secondary N) is 1. The Bertz CT molecular complexity index is 1390. The summed E-state index contributed by atoms with van der Waals surface area (Å²) in [6.07, 6.45) is 3.69.